The molecule has 5 heteroatoms. The second kappa shape index (κ2) is 5.73. The smallest absolute Gasteiger partial charge is 0.407 e. The van der Waals surface area contributed by atoms with E-state index >= 15 is 0 Å². The van der Waals surface area contributed by atoms with Crippen molar-refractivity contribution in [2.24, 2.45) is 0 Å². The van der Waals surface area contributed by atoms with Crippen LogP contribution >= 0.6 is 0 Å². The first-order chi connectivity index (χ1) is 8.66. The summed E-state index contributed by atoms with van der Waals surface area (Å²) in [5.74, 6) is 0.813. The molecule has 98 valence electrons. The highest BCUT2D eigenvalue weighted by Gasteiger charge is 2.24. The summed E-state index contributed by atoms with van der Waals surface area (Å²) in [4.78, 5) is 12.2. The molecule has 1 aliphatic heterocycles. The molecule has 0 radical (unpaired) electrons. The van der Waals surface area contributed by atoms with Gasteiger partial charge in [-0.1, -0.05) is 18.2 Å². The number of rotatable bonds is 3. The van der Waals surface area contributed by atoms with Crippen LogP contribution in [0.3, 0.4) is 0 Å². The van der Waals surface area contributed by atoms with Crippen molar-refractivity contribution >= 4 is 6.09 Å². The lowest BCUT2D eigenvalue weighted by molar-refractivity contribution is -0.0412. The molecule has 1 N–H and O–H groups in total. The molecule has 18 heavy (non-hydrogen) atoms. The van der Waals surface area contributed by atoms with Gasteiger partial charge in [-0.25, -0.2) is 4.79 Å². The van der Waals surface area contributed by atoms with Crippen molar-refractivity contribution in [3.8, 4) is 5.75 Å². The number of para-hydroxylation sites is 1. The Kier molecular flexibility index (Phi) is 4.04. The minimum Gasteiger partial charge on any atom is -0.491 e. The van der Waals surface area contributed by atoms with Crippen LogP contribution in [0.1, 0.15) is 5.56 Å². The van der Waals surface area contributed by atoms with Gasteiger partial charge in [-0.05, 0) is 18.6 Å². The minimum atomic E-state index is -0.904. The first-order valence-electron chi connectivity index (χ1n) is 5.94. The van der Waals surface area contributed by atoms with Gasteiger partial charge in [0.15, 0.2) is 0 Å². The Morgan fingerprint density at radius 3 is 3.06 bits per heavy atom. The van der Waals surface area contributed by atoms with E-state index in [4.69, 9.17) is 14.6 Å². The lowest BCUT2D eigenvalue weighted by Crippen LogP contribution is -2.47. The van der Waals surface area contributed by atoms with Crippen molar-refractivity contribution in [2.45, 2.75) is 13.0 Å². The molecule has 2 rings (SSSR count). The molecule has 0 saturated carbocycles. The Morgan fingerprint density at radius 1 is 1.56 bits per heavy atom. The maximum atomic E-state index is 10.9. The van der Waals surface area contributed by atoms with E-state index in [0.29, 0.717) is 26.3 Å². The summed E-state index contributed by atoms with van der Waals surface area (Å²) in [5.41, 5.74) is 1.06. The summed E-state index contributed by atoms with van der Waals surface area (Å²) in [6.07, 6.45) is -1.10. The molecule has 0 unspecified atom stereocenters. The SMILES string of the molecule is Cc1ccccc1OC[C@H]1CN(C(=O)O)CCO1. The summed E-state index contributed by atoms with van der Waals surface area (Å²) < 4.78 is 11.1. The van der Waals surface area contributed by atoms with Gasteiger partial charge in [0.05, 0.1) is 13.2 Å². The summed E-state index contributed by atoms with van der Waals surface area (Å²) in [6.45, 7) is 3.56. The molecule has 1 heterocycles. The van der Waals surface area contributed by atoms with Crippen molar-refractivity contribution in [3.05, 3.63) is 29.8 Å². The van der Waals surface area contributed by atoms with Gasteiger partial charge in [0.1, 0.15) is 18.5 Å². The zero-order valence-electron chi connectivity index (χ0n) is 10.3. The van der Waals surface area contributed by atoms with Gasteiger partial charge in [-0.15, -0.1) is 0 Å². The summed E-state index contributed by atoms with van der Waals surface area (Å²) in [6, 6.07) is 7.73. The molecule has 1 aliphatic rings. The number of nitrogens with zero attached hydrogens (tertiary/aromatic N) is 1. The highest BCUT2D eigenvalue weighted by atomic mass is 16.5. The monoisotopic (exact) mass is 251 g/mol. The molecular formula is C13H17NO4. The van der Waals surface area contributed by atoms with E-state index in [0.717, 1.165) is 11.3 Å². The molecule has 1 aromatic carbocycles. The van der Waals surface area contributed by atoms with Crippen LogP contribution in [0, 0.1) is 6.92 Å². The Hall–Kier alpha value is -1.75. The Labute approximate surface area is 106 Å². The lowest BCUT2D eigenvalue weighted by atomic mass is 10.2. The van der Waals surface area contributed by atoms with Gasteiger partial charge >= 0.3 is 6.09 Å². The van der Waals surface area contributed by atoms with Gasteiger partial charge in [0.25, 0.3) is 0 Å². The molecule has 1 aromatic rings. The quantitative estimate of drug-likeness (QED) is 0.889. The minimum absolute atomic E-state index is 0.200. The van der Waals surface area contributed by atoms with Gasteiger partial charge in [-0.3, -0.25) is 0 Å². The Balaban J connectivity index is 1.87. The number of carbonyl (C=O) groups is 1. The van der Waals surface area contributed by atoms with Crippen molar-refractivity contribution in [2.75, 3.05) is 26.3 Å². The highest BCUT2D eigenvalue weighted by Crippen LogP contribution is 2.17. The third-order valence-electron chi connectivity index (χ3n) is 2.93. The van der Waals surface area contributed by atoms with Crippen LogP contribution < -0.4 is 4.74 Å². The molecule has 1 saturated heterocycles. The van der Waals surface area contributed by atoms with Crippen LogP contribution in [-0.4, -0.2) is 48.5 Å². The second-order valence-corrected chi connectivity index (χ2v) is 4.30. The fraction of sp³-hybridized carbons (Fsp3) is 0.462. The normalized spacial score (nSPS) is 19.6. The first-order valence-corrected chi connectivity index (χ1v) is 5.94. The van der Waals surface area contributed by atoms with Crippen molar-refractivity contribution in [3.63, 3.8) is 0 Å². The summed E-state index contributed by atoms with van der Waals surface area (Å²) in [7, 11) is 0. The fourth-order valence-corrected chi connectivity index (χ4v) is 1.90. The van der Waals surface area contributed by atoms with Crippen LogP contribution in [0.25, 0.3) is 0 Å². The van der Waals surface area contributed by atoms with Crippen LogP contribution in [0.2, 0.25) is 0 Å². The number of morpholine rings is 1. The van der Waals surface area contributed by atoms with E-state index in [1.807, 2.05) is 31.2 Å². The molecular weight excluding hydrogens is 234 g/mol. The summed E-state index contributed by atoms with van der Waals surface area (Å²) >= 11 is 0. The zero-order valence-corrected chi connectivity index (χ0v) is 10.3. The highest BCUT2D eigenvalue weighted by molar-refractivity contribution is 5.65. The number of hydrogen-bond acceptors (Lipinski definition) is 3. The van der Waals surface area contributed by atoms with E-state index in [-0.39, 0.29) is 6.10 Å². The topological polar surface area (TPSA) is 59.0 Å². The predicted octanol–water partition coefficient (Wildman–Crippen LogP) is 1.75. The largest absolute Gasteiger partial charge is 0.491 e. The molecule has 0 spiro atoms. The number of hydrogen-bond donors (Lipinski definition) is 1. The molecule has 1 amide bonds. The van der Waals surface area contributed by atoms with Gasteiger partial charge in [0, 0.05) is 6.54 Å². The number of amides is 1. The van der Waals surface area contributed by atoms with Gasteiger partial charge in [0.2, 0.25) is 0 Å². The van der Waals surface area contributed by atoms with E-state index in [9.17, 15) is 4.79 Å². The zero-order chi connectivity index (χ0) is 13.0. The molecule has 0 bridgehead atoms. The Morgan fingerprint density at radius 2 is 2.33 bits per heavy atom. The van der Waals surface area contributed by atoms with Crippen molar-refractivity contribution in [1.29, 1.82) is 0 Å². The van der Waals surface area contributed by atoms with E-state index in [2.05, 4.69) is 0 Å². The Bertz CT molecular complexity index is 421. The number of carboxylic acid groups (broad SMARTS) is 1. The van der Waals surface area contributed by atoms with Gasteiger partial charge < -0.3 is 19.5 Å². The van der Waals surface area contributed by atoms with Crippen molar-refractivity contribution < 1.29 is 19.4 Å². The molecule has 5 nitrogen and oxygen atoms in total. The summed E-state index contributed by atoms with van der Waals surface area (Å²) in [5, 5.41) is 8.91. The average molecular weight is 251 g/mol. The van der Waals surface area contributed by atoms with Crippen molar-refractivity contribution in [1.82, 2.24) is 4.90 Å². The number of aryl methyl sites for hydroxylation is 1. The predicted molar refractivity (Wildman–Crippen MR) is 66.0 cm³/mol. The second-order valence-electron chi connectivity index (χ2n) is 4.30. The van der Waals surface area contributed by atoms with Crippen LogP contribution in [-0.2, 0) is 4.74 Å². The molecule has 0 aliphatic carbocycles. The number of benzene rings is 1. The molecule has 1 atom stereocenters. The molecule has 0 aromatic heterocycles. The van der Waals surface area contributed by atoms with E-state index in [1.165, 1.54) is 4.90 Å². The average Bonchev–Trinajstić information content (AvgIpc) is 2.38. The van der Waals surface area contributed by atoms with Crippen LogP contribution in [0.15, 0.2) is 24.3 Å². The first kappa shape index (κ1) is 12.7. The van der Waals surface area contributed by atoms with Gasteiger partial charge in [-0.2, -0.15) is 0 Å². The fourth-order valence-electron chi connectivity index (χ4n) is 1.90. The standard InChI is InChI=1S/C13H17NO4/c1-10-4-2-3-5-12(10)18-9-11-8-14(13(15)16)6-7-17-11/h2-5,11H,6-9H2,1H3,(H,15,16)/t11-/m1/s1. The van der Waals surface area contributed by atoms with E-state index in [1.54, 1.807) is 0 Å². The third kappa shape index (κ3) is 3.13. The maximum Gasteiger partial charge on any atom is 0.407 e. The number of ether oxygens (including phenoxy) is 2. The maximum absolute atomic E-state index is 10.9. The third-order valence-corrected chi connectivity index (χ3v) is 2.93. The lowest BCUT2D eigenvalue weighted by Gasteiger charge is -2.30. The van der Waals surface area contributed by atoms with E-state index < -0.39 is 6.09 Å². The van der Waals surface area contributed by atoms with Crippen LogP contribution in [0.5, 0.6) is 5.75 Å². The van der Waals surface area contributed by atoms with Crippen LogP contribution in [0.4, 0.5) is 4.79 Å². The molecule has 1 fully saturated rings.